The number of piperidine rings is 1. The van der Waals surface area contributed by atoms with E-state index >= 15 is 0 Å². The fourth-order valence-electron chi connectivity index (χ4n) is 5.52. The maximum absolute atomic E-state index is 5.90. The standard InChI is InChI=1S/C28H43N3O2/c1-22-20-30(3)23(2)19-28(22,25-10-7-6-8-11-25)14-17-31(16-9-15-29)21-24-12-13-26(32-4)27(18-24)33-5/h6-8,10-13,18,22-23H,9,14-17,19-21,29H2,1-5H3. The minimum Gasteiger partial charge on any atom is -0.493 e. The van der Waals surface area contributed by atoms with E-state index in [1.807, 2.05) is 6.07 Å². The lowest BCUT2D eigenvalue weighted by Crippen LogP contribution is -2.52. The molecule has 182 valence electrons. The number of ether oxygens (including phenoxy) is 2. The number of nitrogens with two attached hydrogens (primary N) is 1. The predicted molar refractivity (Wildman–Crippen MR) is 137 cm³/mol. The highest BCUT2D eigenvalue weighted by Gasteiger charge is 2.43. The van der Waals surface area contributed by atoms with Crippen molar-refractivity contribution in [1.82, 2.24) is 9.80 Å². The number of hydrogen-bond acceptors (Lipinski definition) is 5. The van der Waals surface area contributed by atoms with E-state index in [-0.39, 0.29) is 5.41 Å². The van der Waals surface area contributed by atoms with Gasteiger partial charge in [0.1, 0.15) is 0 Å². The predicted octanol–water partition coefficient (Wildman–Crippen LogP) is 4.54. The molecule has 5 heteroatoms. The van der Waals surface area contributed by atoms with Crippen molar-refractivity contribution in [2.75, 3.05) is 47.4 Å². The molecule has 3 unspecified atom stereocenters. The highest BCUT2D eigenvalue weighted by molar-refractivity contribution is 5.42. The zero-order valence-electron chi connectivity index (χ0n) is 21.2. The van der Waals surface area contributed by atoms with Gasteiger partial charge in [-0.1, -0.05) is 43.3 Å². The molecule has 33 heavy (non-hydrogen) atoms. The van der Waals surface area contributed by atoms with E-state index in [0.717, 1.165) is 50.5 Å². The van der Waals surface area contributed by atoms with Crippen LogP contribution in [0.3, 0.4) is 0 Å². The van der Waals surface area contributed by atoms with Gasteiger partial charge in [0.25, 0.3) is 0 Å². The van der Waals surface area contributed by atoms with E-state index in [1.165, 1.54) is 17.5 Å². The van der Waals surface area contributed by atoms with Crippen molar-refractivity contribution in [3.8, 4) is 11.5 Å². The third-order valence-corrected chi connectivity index (χ3v) is 7.67. The first-order valence-corrected chi connectivity index (χ1v) is 12.3. The van der Waals surface area contributed by atoms with Crippen LogP contribution in [0.25, 0.3) is 0 Å². The van der Waals surface area contributed by atoms with Gasteiger partial charge in [-0.05, 0) is 82.0 Å². The molecule has 0 saturated carbocycles. The topological polar surface area (TPSA) is 51.0 Å². The Labute approximate surface area is 200 Å². The van der Waals surface area contributed by atoms with Crippen molar-refractivity contribution in [2.24, 2.45) is 11.7 Å². The fraction of sp³-hybridized carbons (Fsp3) is 0.571. The Morgan fingerprint density at radius 3 is 2.42 bits per heavy atom. The molecule has 0 radical (unpaired) electrons. The van der Waals surface area contributed by atoms with Crippen LogP contribution in [0.2, 0.25) is 0 Å². The second-order valence-corrected chi connectivity index (χ2v) is 9.77. The van der Waals surface area contributed by atoms with Gasteiger partial charge < -0.3 is 20.1 Å². The number of rotatable bonds is 11. The largest absolute Gasteiger partial charge is 0.493 e. The molecule has 2 aromatic carbocycles. The van der Waals surface area contributed by atoms with Gasteiger partial charge in [0.2, 0.25) is 0 Å². The minimum absolute atomic E-state index is 0.186. The fourth-order valence-corrected chi connectivity index (χ4v) is 5.52. The van der Waals surface area contributed by atoms with Gasteiger partial charge in [-0.2, -0.15) is 0 Å². The molecule has 1 aliphatic rings. The van der Waals surface area contributed by atoms with E-state index in [0.29, 0.717) is 18.5 Å². The molecular formula is C28H43N3O2. The number of nitrogens with zero attached hydrogens (tertiary/aromatic N) is 2. The van der Waals surface area contributed by atoms with Crippen molar-refractivity contribution in [1.29, 1.82) is 0 Å². The van der Waals surface area contributed by atoms with E-state index in [4.69, 9.17) is 15.2 Å². The Morgan fingerprint density at radius 1 is 1.03 bits per heavy atom. The molecule has 0 aliphatic carbocycles. The van der Waals surface area contributed by atoms with Crippen LogP contribution in [-0.2, 0) is 12.0 Å². The molecule has 3 atom stereocenters. The first-order valence-electron chi connectivity index (χ1n) is 12.3. The maximum atomic E-state index is 5.90. The van der Waals surface area contributed by atoms with Gasteiger partial charge in [-0.15, -0.1) is 0 Å². The molecule has 3 rings (SSSR count). The maximum Gasteiger partial charge on any atom is 0.161 e. The lowest BCUT2D eigenvalue weighted by molar-refractivity contribution is 0.0600. The van der Waals surface area contributed by atoms with Gasteiger partial charge in [0.05, 0.1) is 14.2 Å². The molecule has 0 aromatic heterocycles. The van der Waals surface area contributed by atoms with Crippen LogP contribution in [-0.4, -0.2) is 63.3 Å². The van der Waals surface area contributed by atoms with Crippen molar-refractivity contribution in [3.63, 3.8) is 0 Å². The summed E-state index contributed by atoms with van der Waals surface area (Å²) in [5.74, 6) is 2.15. The normalized spacial score (nSPS) is 23.6. The number of likely N-dealkylation sites (tertiary alicyclic amines) is 1. The number of benzene rings is 2. The van der Waals surface area contributed by atoms with Crippen LogP contribution >= 0.6 is 0 Å². The van der Waals surface area contributed by atoms with Crippen LogP contribution < -0.4 is 15.2 Å². The summed E-state index contributed by atoms with van der Waals surface area (Å²) in [5.41, 5.74) is 8.81. The zero-order chi connectivity index (χ0) is 23.8. The Hall–Kier alpha value is -2.08. The van der Waals surface area contributed by atoms with Crippen molar-refractivity contribution < 1.29 is 9.47 Å². The van der Waals surface area contributed by atoms with Crippen molar-refractivity contribution in [3.05, 3.63) is 59.7 Å². The van der Waals surface area contributed by atoms with E-state index in [2.05, 4.69) is 73.2 Å². The quantitative estimate of drug-likeness (QED) is 0.541. The lowest BCUT2D eigenvalue weighted by Gasteiger charge is -2.50. The summed E-state index contributed by atoms with van der Waals surface area (Å²) in [6.45, 7) is 9.59. The average Bonchev–Trinajstić information content (AvgIpc) is 2.84. The highest BCUT2D eigenvalue weighted by atomic mass is 16.5. The molecule has 1 aliphatic heterocycles. The van der Waals surface area contributed by atoms with Crippen LogP contribution in [0, 0.1) is 5.92 Å². The van der Waals surface area contributed by atoms with E-state index < -0.39 is 0 Å². The first-order chi connectivity index (χ1) is 15.9. The SMILES string of the molecule is COc1ccc(CN(CCCN)CCC2(c3ccccc3)CC(C)N(C)CC2C)cc1OC. The Bertz CT molecular complexity index is 859. The average molecular weight is 454 g/mol. The third kappa shape index (κ3) is 6.08. The van der Waals surface area contributed by atoms with Crippen LogP contribution in [0.4, 0.5) is 0 Å². The molecule has 1 fully saturated rings. The molecule has 2 N–H and O–H groups in total. The monoisotopic (exact) mass is 453 g/mol. The van der Waals surface area contributed by atoms with Gasteiger partial charge in [0.15, 0.2) is 11.5 Å². The minimum atomic E-state index is 0.186. The van der Waals surface area contributed by atoms with Crippen LogP contribution in [0.5, 0.6) is 11.5 Å². The summed E-state index contributed by atoms with van der Waals surface area (Å²) in [7, 11) is 5.64. The van der Waals surface area contributed by atoms with Gasteiger partial charge in [-0.3, -0.25) is 4.90 Å². The smallest absolute Gasteiger partial charge is 0.161 e. The lowest BCUT2D eigenvalue weighted by atomic mass is 9.63. The van der Waals surface area contributed by atoms with Crippen molar-refractivity contribution >= 4 is 0 Å². The third-order valence-electron chi connectivity index (χ3n) is 7.67. The van der Waals surface area contributed by atoms with Crippen LogP contribution in [0.1, 0.15) is 44.2 Å². The summed E-state index contributed by atoms with van der Waals surface area (Å²) < 4.78 is 11.0. The summed E-state index contributed by atoms with van der Waals surface area (Å²) >= 11 is 0. The van der Waals surface area contributed by atoms with Crippen molar-refractivity contribution in [2.45, 2.75) is 51.1 Å². The summed E-state index contributed by atoms with van der Waals surface area (Å²) in [6, 6.07) is 18.0. The Balaban J connectivity index is 1.82. The summed E-state index contributed by atoms with van der Waals surface area (Å²) in [4.78, 5) is 5.08. The molecule has 1 heterocycles. The Morgan fingerprint density at radius 2 is 1.76 bits per heavy atom. The van der Waals surface area contributed by atoms with E-state index in [1.54, 1.807) is 14.2 Å². The van der Waals surface area contributed by atoms with Gasteiger partial charge >= 0.3 is 0 Å². The second-order valence-electron chi connectivity index (χ2n) is 9.77. The highest BCUT2D eigenvalue weighted by Crippen LogP contribution is 2.44. The van der Waals surface area contributed by atoms with Gasteiger partial charge in [-0.25, -0.2) is 0 Å². The first kappa shape index (κ1) is 25.5. The molecular weight excluding hydrogens is 410 g/mol. The molecule has 0 spiro atoms. The molecule has 2 aromatic rings. The second kappa shape index (κ2) is 11.9. The van der Waals surface area contributed by atoms with Gasteiger partial charge in [0, 0.05) is 24.5 Å². The molecule has 0 bridgehead atoms. The number of hydrogen-bond donors (Lipinski definition) is 1. The summed E-state index contributed by atoms with van der Waals surface area (Å²) in [6.07, 6.45) is 3.34. The zero-order valence-corrected chi connectivity index (χ0v) is 21.2. The molecule has 5 nitrogen and oxygen atoms in total. The van der Waals surface area contributed by atoms with E-state index in [9.17, 15) is 0 Å². The Kier molecular flexibility index (Phi) is 9.19. The molecule has 0 amide bonds. The summed E-state index contributed by atoms with van der Waals surface area (Å²) in [5, 5.41) is 0. The van der Waals surface area contributed by atoms with Crippen LogP contribution in [0.15, 0.2) is 48.5 Å². The number of methoxy groups -OCH3 is 2. The molecule has 1 saturated heterocycles.